The van der Waals surface area contributed by atoms with Crippen molar-refractivity contribution >= 4 is 52.3 Å². The Morgan fingerprint density at radius 3 is 2.11 bits per heavy atom. The summed E-state index contributed by atoms with van der Waals surface area (Å²) in [6.07, 6.45) is 13.0. The lowest BCUT2D eigenvalue weighted by molar-refractivity contribution is -0.115. The number of nitrogens with one attached hydrogen (secondary N) is 3. The van der Waals surface area contributed by atoms with E-state index in [9.17, 15) is 4.79 Å². The van der Waals surface area contributed by atoms with Crippen molar-refractivity contribution in [2.75, 3.05) is 5.32 Å². The lowest BCUT2D eigenvalue weighted by Crippen LogP contribution is -2.21. The first-order valence-electron chi connectivity index (χ1n) is 11.6. The molecule has 0 unspecified atom stereocenters. The van der Waals surface area contributed by atoms with Crippen LogP contribution in [0, 0.1) is 0 Å². The third-order valence-electron chi connectivity index (χ3n) is 5.84. The molecule has 0 atom stereocenters. The average molecular weight is 476 g/mol. The van der Waals surface area contributed by atoms with Gasteiger partial charge in [0.25, 0.3) is 5.91 Å². The van der Waals surface area contributed by atoms with Gasteiger partial charge < -0.3 is 10.6 Å². The number of benzene rings is 3. The Hall–Kier alpha value is -4.22. The lowest BCUT2D eigenvalue weighted by Gasteiger charge is -2.13. The highest BCUT2D eigenvalue weighted by Crippen LogP contribution is 2.30. The number of hydrogen-bond acceptors (Lipinski definition) is 3. The van der Waals surface area contributed by atoms with Gasteiger partial charge in [-0.05, 0) is 89.3 Å². The zero-order chi connectivity index (χ0) is 24.0. The largest absolute Gasteiger partial charge is 0.356 e. The maximum absolute atomic E-state index is 11.8. The second kappa shape index (κ2) is 10.4. The van der Waals surface area contributed by atoms with E-state index in [1.54, 1.807) is 6.08 Å². The molecule has 35 heavy (non-hydrogen) atoms. The van der Waals surface area contributed by atoms with Gasteiger partial charge in [-0.25, -0.2) is 0 Å². The molecule has 5 heteroatoms. The molecule has 4 nitrogen and oxygen atoms in total. The maximum Gasteiger partial charge on any atom is 0.273 e. The van der Waals surface area contributed by atoms with Crippen molar-refractivity contribution in [3.8, 4) is 0 Å². The quantitative estimate of drug-likeness (QED) is 0.214. The zero-order valence-electron chi connectivity index (χ0n) is 19.1. The van der Waals surface area contributed by atoms with Gasteiger partial charge in [0, 0.05) is 11.4 Å². The molecule has 0 radical (unpaired) electrons. The van der Waals surface area contributed by atoms with E-state index >= 15 is 0 Å². The van der Waals surface area contributed by atoms with E-state index in [0.717, 1.165) is 35.3 Å². The van der Waals surface area contributed by atoms with Gasteiger partial charge in [-0.3, -0.25) is 10.1 Å². The first-order valence-corrected chi connectivity index (χ1v) is 12.0. The zero-order valence-corrected chi connectivity index (χ0v) is 19.9. The molecule has 1 amide bonds. The topological polar surface area (TPSA) is 53.2 Å². The van der Waals surface area contributed by atoms with Crippen LogP contribution in [-0.2, 0) is 4.79 Å². The highest BCUT2D eigenvalue weighted by Gasteiger charge is 2.19. The fraction of sp³-hybridized carbons (Fsp3) is 0.0667. The molecule has 0 saturated carbocycles. The minimum Gasteiger partial charge on any atom is -0.356 e. The van der Waals surface area contributed by atoms with Gasteiger partial charge in [0.05, 0.1) is 0 Å². The SMILES string of the molecule is O=C1NC(=S)NC1=Cc1ccc(Nc2ccc(C=C(C3=CCCC=C3)c3ccccc3)cc2)cc1. The molecule has 1 aliphatic carbocycles. The molecule has 3 aromatic rings. The standard InChI is InChI=1S/C30H25N3OS/c34-29-28(32-30(35)33-29)20-22-13-17-26(18-14-22)31-25-15-11-21(12-16-25)19-27(23-7-3-1-4-8-23)24-9-5-2-6-10-24/h1,3-5,7-20,31H,2,6H2,(H2,32,33,34,35). The van der Waals surface area contributed by atoms with Gasteiger partial charge in [-0.15, -0.1) is 0 Å². The van der Waals surface area contributed by atoms with Gasteiger partial charge >= 0.3 is 0 Å². The van der Waals surface area contributed by atoms with Crippen molar-refractivity contribution in [2.24, 2.45) is 0 Å². The van der Waals surface area contributed by atoms with Gasteiger partial charge in [-0.1, -0.05) is 72.8 Å². The van der Waals surface area contributed by atoms with Crippen LogP contribution in [0.5, 0.6) is 0 Å². The second-order valence-electron chi connectivity index (χ2n) is 8.40. The smallest absolute Gasteiger partial charge is 0.273 e. The average Bonchev–Trinajstić information content (AvgIpc) is 3.22. The van der Waals surface area contributed by atoms with Crippen LogP contribution in [0.25, 0.3) is 17.7 Å². The Kier molecular flexibility index (Phi) is 6.68. The normalized spacial score (nSPS) is 16.6. The predicted octanol–water partition coefficient (Wildman–Crippen LogP) is 6.59. The summed E-state index contributed by atoms with van der Waals surface area (Å²) in [5, 5.41) is 9.20. The Bertz CT molecular complexity index is 1370. The van der Waals surface area contributed by atoms with Crippen molar-refractivity contribution in [3.05, 3.63) is 125 Å². The molecule has 2 aliphatic rings. The van der Waals surface area contributed by atoms with Crippen LogP contribution in [0.3, 0.4) is 0 Å². The minimum atomic E-state index is -0.211. The minimum absolute atomic E-state index is 0.211. The Morgan fingerprint density at radius 2 is 1.51 bits per heavy atom. The highest BCUT2D eigenvalue weighted by atomic mass is 32.1. The number of hydrogen-bond donors (Lipinski definition) is 3. The van der Waals surface area contributed by atoms with E-state index in [2.05, 4.69) is 88.8 Å². The summed E-state index contributed by atoms with van der Waals surface area (Å²) in [5.41, 5.74) is 8.22. The molecule has 5 rings (SSSR count). The van der Waals surface area contributed by atoms with Crippen LogP contribution in [0.2, 0.25) is 0 Å². The molecule has 0 spiro atoms. The van der Waals surface area contributed by atoms with Crippen LogP contribution >= 0.6 is 12.2 Å². The van der Waals surface area contributed by atoms with Gasteiger partial charge in [0.2, 0.25) is 0 Å². The highest BCUT2D eigenvalue weighted by molar-refractivity contribution is 7.80. The molecule has 172 valence electrons. The lowest BCUT2D eigenvalue weighted by atomic mass is 9.92. The van der Waals surface area contributed by atoms with Crippen LogP contribution in [0.15, 0.2) is 108 Å². The Morgan fingerprint density at radius 1 is 0.829 bits per heavy atom. The van der Waals surface area contributed by atoms with Crippen molar-refractivity contribution in [1.82, 2.24) is 10.6 Å². The van der Waals surface area contributed by atoms with E-state index in [1.165, 1.54) is 16.7 Å². The first kappa shape index (κ1) is 22.6. The number of carbonyl (C=O) groups is 1. The van der Waals surface area contributed by atoms with Crippen LogP contribution < -0.4 is 16.0 Å². The van der Waals surface area contributed by atoms with E-state index in [0.29, 0.717) is 10.8 Å². The van der Waals surface area contributed by atoms with E-state index in [1.807, 2.05) is 30.3 Å². The van der Waals surface area contributed by atoms with Crippen LogP contribution in [0.4, 0.5) is 11.4 Å². The third-order valence-corrected chi connectivity index (χ3v) is 6.05. The molecule has 1 saturated heterocycles. The summed E-state index contributed by atoms with van der Waals surface area (Å²) >= 11 is 4.97. The van der Waals surface area contributed by atoms with Crippen molar-refractivity contribution < 1.29 is 4.79 Å². The molecule has 1 aliphatic heterocycles. The number of thiocarbonyl (C=S) groups is 1. The molecule has 1 heterocycles. The third kappa shape index (κ3) is 5.65. The molecular weight excluding hydrogens is 450 g/mol. The number of allylic oxidation sites excluding steroid dienone is 5. The summed E-state index contributed by atoms with van der Waals surface area (Å²) in [6.45, 7) is 0. The fourth-order valence-electron chi connectivity index (χ4n) is 4.07. The summed E-state index contributed by atoms with van der Waals surface area (Å²) < 4.78 is 0. The molecule has 3 aromatic carbocycles. The molecule has 0 aromatic heterocycles. The Balaban J connectivity index is 1.31. The van der Waals surface area contributed by atoms with Gasteiger partial charge in [0.15, 0.2) is 5.11 Å². The van der Waals surface area contributed by atoms with E-state index in [-0.39, 0.29) is 5.91 Å². The number of rotatable bonds is 6. The first-order chi connectivity index (χ1) is 17.1. The monoisotopic (exact) mass is 475 g/mol. The molecule has 1 fully saturated rings. The summed E-state index contributed by atoms with van der Waals surface area (Å²) in [7, 11) is 0. The Labute approximate surface area is 210 Å². The molecular formula is C30H25N3OS. The summed E-state index contributed by atoms with van der Waals surface area (Å²) in [4.78, 5) is 11.8. The van der Waals surface area contributed by atoms with Crippen molar-refractivity contribution in [3.63, 3.8) is 0 Å². The predicted molar refractivity (Wildman–Crippen MR) is 149 cm³/mol. The number of carbonyl (C=O) groups excluding carboxylic acids is 1. The van der Waals surface area contributed by atoms with Gasteiger partial charge in [-0.2, -0.15) is 0 Å². The number of amides is 1. The summed E-state index contributed by atoms with van der Waals surface area (Å²) in [6, 6.07) is 26.9. The van der Waals surface area contributed by atoms with Crippen LogP contribution in [-0.4, -0.2) is 11.0 Å². The number of anilines is 2. The molecule has 0 bridgehead atoms. The fourth-order valence-corrected chi connectivity index (χ4v) is 4.27. The van der Waals surface area contributed by atoms with Crippen molar-refractivity contribution in [1.29, 1.82) is 0 Å². The van der Waals surface area contributed by atoms with Crippen molar-refractivity contribution in [2.45, 2.75) is 12.8 Å². The van der Waals surface area contributed by atoms with E-state index in [4.69, 9.17) is 12.2 Å². The van der Waals surface area contributed by atoms with E-state index < -0.39 is 0 Å². The van der Waals surface area contributed by atoms with Crippen LogP contribution in [0.1, 0.15) is 29.5 Å². The summed E-state index contributed by atoms with van der Waals surface area (Å²) in [5.74, 6) is -0.211. The molecule has 3 N–H and O–H groups in total. The second-order valence-corrected chi connectivity index (χ2v) is 8.81. The van der Waals surface area contributed by atoms with Gasteiger partial charge in [0.1, 0.15) is 5.70 Å². The maximum atomic E-state index is 11.8.